The van der Waals surface area contributed by atoms with Crippen molar-refractivity contribution >= 4 is 15.9 Å². The van der Waals surface area contributed by atoms with Gasteiger partial charge in [-0.05, 0) is 17.9 Å². The van der Waals surface area contributed by atoms with Gasteiger partial charge >= 0.3 is 0 Å². The molecule has 0 heterocycles. The van der Waals surface area contributed by atoms with Gasteiger partial charge in [-0.2, -0.15) is 0 Å². The number of rotatable bonds is 4. The molecule has 1 rings (SSSR count). The molecule has 0 radical (unpaired) electrons. The Kier molecular flexibility index (Phi) is 4.09. The molecule has 0 saturated heterocycles. The summed E-state index contributed by atoms with van der Waals surface area (Å²) in [5.41, 5.74) is 1.38. The van der Waals surface area contributed by atoms with Crippen LogP contribution in [0.4, 0.5) is 0 Å². The van der Waals surface area contributed by atoms with Crippen molar-refractivity contribution in [1.29, 1.82) is 0 Å². The predicted octanol–water partition coefficient (Wildman–Crippen LogP) is 3.43. The van der Waals surface area contributed by atoms with Crippen LogP contribution in [0.1, 0.15) is 5.56 Å². The lowest BCUT2D eigenvalue weighted by molar-refractivity contribution is 0.743. The van der Waals surface area contributed by atoms with Crippen molar-refractivity contribution in [3.8, 4) is 0 Å². The van der Waals surface area contributed by atoms with Gasteiger partial charge < -0.3 is 0 Å². The first-order valence-electron chi connectivity index (χ1n) is 4.09. The van der Waals surface area contributed by atoms with E-state index in [9.17, 15) is 0 Å². The monoisotopic (exact) mass is 224 g/mol. The zero-order valence-electron chi connectivity index (χ0n) is 7.04. The van der Waals surface area contributed by atoms with Crippen LogP contribution in [-0.4, -0.2) is 5.33 Å². The summed E-state index contributed by atoms with van der Waals surface area (Å²) in [7, 11) is 0. The lowest BCUT2D eigenvalue weighted by Crippen LogP contribution is -2.01. The molecule has 0 fully saturated rings. The van der Waals surface area contributed by atoms with Crippen molar-refractivity contribution in [3.63, 3.8) is 0 Å². The molecule has 0 saturated carbocycles. The van der Waals surface area contributed by atoms with Gasteiger partial charge in [-0.25, -0.2) is 0 Å². The van der Waals surface area contributed by atoms with Crippen LogP contribution in [-0.2, 0) is 6.42 Å². The van der Waals surface area contributed by atoms with Crippen molar-refractivity contribution in [3.05, 3.63) is 48.6 Å². The molecule has 0 nitrogen and oxygen atoms in total. The lowest BCUT2D eigenvalue weighted by Gasteiger charge is -2.07. The van der Waals surface area contributed by atoms with E-state index in [2.05, 4.69) is 46.8 Å². The van der Waals surface area contributed by atoms with Gasteiger partial charge in [0.25, 0.3) is 0 Å². The van der Waals surface area contributed by atoms with Gasteiger partial charge in [0, 0.05) is 5.33 Å². The molecule has 0 N–H and O–H groups in total. The molecule has 64 valence electrons. The van der Waals surface area contributed by atoms with Crippen LogP contribution in [0, 0.1) is 5.92 Å². The standard InChI is InChI=1S/C11H13Br/c1-2-10(9-12)8-11-6-4-3-5-7-11/h2-7,10H,1,8-9H2. The van der Waals surface area contributed by atoms with Gasteiger partial charge in [0.05, 0.1) is 0 Å². The molecule has 1 aromatic carbocycles. The molecule has 12 heavy (non-hydrogen) atoms. The summed E-state index contributed by atoms with van der Waals surface area (Å²) in [5, 5.41) is 0.991. The molecule has 0 spiro atoms. The smallest absolute Gasteiger partial charge is 0.00974 e. The highest BCUT2D eigenvalue weighted by Crippen LogP contribution is 2.11. The van der Waals surface area contributed by atoms with Crippen molar-refractivity contribution in [2.45, 2.75) is 6.42 Å². The van der Waals surface area contributed by atoms with Crippen molar-refractivity contribution in [2.75, 3.05) is 5.33 Å². The van der Waals surface area contributed by atoms with E-state index in [0.29, 0.717) is 5.92 Å². The average Bonchev–Trinajstić information content (AvgIpc) is 2.16. The predicted molar refractivity (Wildman–Crippen MR) is 57.6 cm³/mol. The van der Waals surface area contributed by atoms with E-state index >= 15 is 0 Å². The second kappa shape index (κ2) is 5.15. The molecular formula is C11H13Br. The maximum absolute atomic E-state index is 3.80. The first-order valence-corrected chi connectivity index (χ1v) is 5.21. The molecule has 1 unspecified atom stereocenters. The van der Waals surface area contributed by atoms with Crippen molar-refractivity contribution in [1.82, 2.24) is 0 Å². The molecule has 0 aliphatic heterocycles. The summed E-state index contributed by atoms with van der Waals surface area (Å²) in [6.45, 7) is 3.80. The summed E-state index contributed by atoms with van der Waals surface area (Å²) in [5.74, 6) is 0.549. The molecule has 0 amide bonds. The van der Waals surface area contributed by atoms with Crippen LogP contribution in [0.15, 0.2) is 43.0 Å². The second-order valence-corrected chi connectivity index (χ2v) is 3.49. The number of alkyl halides is 1. The minimum atomic E-state index is 0.549. The molecule has 1 atom stereocenters. The largest absolute Gasteiger partial charge is 0.103 e. The highest BCUT2D eigenvalue weighted by atomic mass is 79.9. The van der Waals surface area contributed by atoms with E-state index in [0.717, 1.165) is 11.8 Å². The number of allylic oxidation sites excluding steroid dienone is 1. The summed E-state index contributed by atoms with van der Waals surface area (Å²) < 4.78 is 0. The third-order valence-electron chi connectivity index (χ3n) is 1.87. The maximum Gasteiger partial charge on any atom is 0.00974 e. The molecule has 1 aromatic rings. The normalized spacial score (nSPS) is 12.4. The molecular weight excluding hydrogens is 212 g/mol. The fraction of sp³-hybridized carbons (Fsp3) is 0.273. The number of hydrogen-bond donors (Lipinski definition) is 0. The Labute approximate surface area is 82.4 Å². The Morgan fingerprint density at radius 2 is 2.00 bits per heavy atom. The topological polar surface area (TPSA) is 0 Å². The van der Waals surface area contributed by atoms with E-state index in [4.69, 9.17) is 0 Å². The van der Waals surface area contributed by atoms with E-state index in [1.807, 2.05) is 12.1 Å². The zero-order chi connectivity index (χ0) is 8.81. The van der Waals surface area contributed by atoms with Crippen LogP contribution in [0.5, 0.6) is 0 Å². The fourth-order valence-electron chi connectivity index (χ4n) is 1.12. The van der Waals surface area contributed by atoms with Crippen LogP contribution < -0.4 is 0 Å². The minimum absolute atomic E-state index is 0.549. The Morgan fingerprint density at radius 3 is 2.50 bits per heavy atom. The third kappa shape index (κ3) is 2.82. The maximum atomic E-state index is 3.80. The first-order chi connectivity index (χ1) is 5.86. The Hall–Kier alpha value is -0.560. The number of hydrogen-bond acceptors (Lipinski definition) is 0. The quantitative estimate of drug-likeness (QED) is 0.544. The van der Waals surface area contributed by atoms with Crippen LogP contribution in [0.25, 0.3) is 0 Å². The van der Waals surface area contributed by atoms with Gasteiger partial charge in [0.1, 0.15) is 0 Å². The van der Waals surface area contributed by atoms with Crippen molar-refractivity contribution in [2.24, 2.45) is 5.92 Å². The second-order valence-electron chi connectivity index (χ2n) is 2.84. The third-order valence-corrected chi connectivity index (χ3v) is 2.70. The van der Waals surface area contributed by atoms with Gasteiger partial charge in [0.15, 0.2) is 0 Å². The molecule has 0 aliphatic carbocycles. The lowest BCUT2D eigenvalue weighted by atomic mass is 10.0. The zero-order valence-corrected chi connectivity index (χ0v) is 8.63. The highest BCUT2D eigenvalue weighted by Gasteiger charge is 2.01. The minimum Gasteiger partial charge on any atom is -0.103 e. The van der Waals surface area contributed by atoms with Gasteiger partial charge in [-0.3, -0.25) is 0 Å². The summed E-state index contributed by atoms with van der Waals surface area (Å²) in [6, 6.07) is 10.5. The van der Waals surface area contributed by atoms with Gasteiger partial charge in [-0.1, -0.05) is 52.3 Å². The summed E-state index contributed by atoms with van der Waals surface area (Å²) in [6.07, 6.45) is 3.08. The fourth-order valence-corrected chi connectivity index (χ4v) is 1.61. The molecule has 0 bridgehead atoms. The summed E-state index contributed by atoms with van der Waals surface area (Å²) in [4.78, 5) is 0. The van der Waals surface area contributed by atoms with E-state index in [1.54, 1.807) is 0 Å². The highest BCUT2D eigenvalue weighted by molar-refractivity contribution is 9.09. The number of halogens is 1. The molecule has 1 heteroatoms. The van der Waals surface area contributed by atoms with E-state index < -0.39 is 0 Å². The van der Waals surface area contributed by atoms with Gasteiger partial charge in [-0.15, -0.1) is 6.58 Å². The van der Waals surface area contributed by atoms with Crippen molar-refractivity contribution < 1.29 is 0 Å². The van der Waals surface area contributed by atoms with Crippen LogP contribution in [0.3, 0.4) is 0 Å². The molecule has 0 aromatic heterocycles. The number of benzene rings is 1. The van der Waals surface area contributed by atoms with Crippen LogP contribution >= 0.6 is 15.9 Å². The SMILES string of the molecule is C=CC(CBr)Cc1ccccc1. The molecule has 0 aliphatic rings. The van der Waals surface area contributed by atoms with E-state index in [-0.39, 0.29) is 0 Å². The summed E-state index contributed by atoms with van der Waals surface area (Å²) >= 11 is 3.46. The first kappa shape index (κ1) is 9.53. The Balaban J connectivity index is 2.56. The van der Waals surface area contributed by atoms with Gasteiger partial charge in [0.2, 0.25) is 0 Å². The van der Waals surface area contributed by atoms with Crippen LogP contribution in [0.2, 0.25) is 0 Å². The average molecular weight is 225 g/mol. The van der Waals surface area contributed by atoms with E-state index in [1.165, 1.54) is 5.56 Å². The Bertz CT molecular complexity index is 228. The Morgan fingerprint density at radius 1 is 1.33 bits per heavy atom.